The van der Waals surface area contributed by atoms with Crippen LogP contribution in [0.15, 0.2) is 24.3 Å². The topological polar surface area (TPSA) is 92.0 Å². The number of phenolic OH excluding ortho intramolecular Hbond substituents is 1. The Labute approximate surface area is 142 Å². The Morgan fingerprint density at radius 3 is 2.54 bits per heavy atom. The van der Waals surface area contributed by atoms with Crippen molar-refractivity contribution in [1.29, 1.82) is 0 Å². The van der Waals surface area contributed by atoms with Crippen LogP contribution in [-0.4, -0.2) is 21.2 Å². The van der Waals surface area contributed by atoms with Gasteiger partial charge in [-0.2, -0.15) is 5.10 Å². The fourth-order valence-electron chi connectivity index (χ4n) is 3.65. The van der Waals surface area contributed by atoms with Gasteiger partial charge in [0.25, 0.3) is 5.91 Å². The minimum absolute atomic E-state index is 0.256. The number of aromatic nitrogens is 2. The van der Waals surface area contributed by atoms with Crippen LogP contribution in [-0.2, 0) is 19.3 Å². The number of carbonyl (C=O) groups is 1. The molecule has 5 heteroatoms. The molecule has 1 aliphatic rings. The Morgan fingerprint density at radius 1 is 1.17 bits per heavy atom. The number of primary amides is 1. The van der Waals surface area contributed by atoms with Crippen LogP contribution >= 0.6 is 0 Å². The van der Waals surface area contributed by atoms with Crippen LogP contribution in [0.5, 0.6) is 5.75 Å². The van der Waals surface area contributed by atoms with Gasteiger partial charge in [0.05, 0.1) is 11.3 Å². The monoisotopic (exact) mass is 327 g/mol. The highest BCUT2D eigenvalue weighted by Crippen LogP contribution is 2.28. The second-order valence-corrected chi connectivity index (χ2v) is 6.76. The predicted octanol–water partition coefficient (Wildman–Crippen LogP) is 3.12. The Balaban J connectivity index is 1.70. The number of rotatable bonds is 6. The molecule has 1 fully saturated rings. The number of nitrogens with one attached hydrogen (secondary N) is 1. The molecular weight excluding hydrogens is 302 g/mol. The number of amides is 1. The molecule has 5 nitrogen and oxygen atoms in total. The fourth-order valence-corrected chi connectivity index (χ4v) is 3.65. The lowest BCUT2D eigenvalue weighted by Crippen LogP contribution is -2.17. The lowest BCUT2D eigenvalue weighted by Gasteiger charge is -2.21. The molecule has 1 saturated carbocycles. The molecule has 0 unspecified atom stereocenters. The van der Waals surface area contributed by atoms with Crippen LogP contribution in [0.3, 0.4) is 0 Å². The number of carbonyl (C=O) groups excluding carboxylic acids is 1. The second-order valence-electron chi connectivity index (χ2n) is 6.76. The van der Waals surface area contributed by atoms with Crippen molar-refractivity contribution in [1.82, 2.24) is 10.2 Å². The minimum Gasteiger partial charge on any atom is -0.508 e. The zero-order chi connectivity index (χ0) is 16.9. The number of hydrogen-bond acceptors (Lipinski definition) is 3. The van der Waals surface area contributed by atoms with Gasteiger partial charge in [-0.3, -0.25) is 9.89 Å². The van der Waals surface area contributed by atoms with E-state index in [-0.39, 0.29) is 5.75 Å². The van der Waals surface area contributed by atoms with E-state index in [1.807, 2.05) is 12.1 Å². The summed E-state index contributed by atoms with van der Waals surface area (Å²) < 4.78 is 0. The normalized spacial score (nSPS) is 15.5. The lowest BCUT2D eigenvalue weighted by atomic mass is 9.85. The first-order valence-electron chi connectivity index (χ1n) is 8.77. The molecule has 1 heterocycles. The molecule has 1 aromatic heterocycles. The summed E-state index contributed by atoms with van der Waals surface area (Å²) in [5.74, 6) is 0.489. The first kappa shape index (κ1) is 16.6. The van der Waals surface area contributed by atoms with E-state index in [4.69, 9.17) is 5.73 Å². The molecule has 0 bridgehead atoms. The number of hydrogen-bond donors (Lipinski definition) is 3. The first-order valence-corrected chi connectivity index (χ1v) is 8.77. The average Bonchev–Trinajstić information content (AvgIpc) is 2.98. The maximum Gasteiger partial charge on any atom is 0.252 e. The number of H-pyrrole nitrogens is 1. The van der Waals surface area contributed by atoms with Crippen LogP contribution in [0.2, 0.25) is 0 Å². The van der Waals surface area contributed by atoms with Gasteiger partial charge in [-0.25, -0.2) is 0 Å². The van der Waals surface area contributed by atoms with Crippen molar-refractivity contribution < 1.29 is 9.90 Å². The van der Waals surface area contributed by atoms with Gasteiger partial charge >= 0.3 is 0 Å². The van der Waals surface area contributed by atoms with Crippen molar-refractivity contribution in [2.75, 3.05) is 0 Å². The van der Waals surface area contributed by atoms with Gasteiger partial charge in [0.15, 0.2) is 0 Å². The smallest absolute Gasteiger partial charge is 0.252 e. The van der Waals surface area contributed by atoms with Crippen molar-refractivity contribution in [3.05, 3.63) is 46.8 Å². The predicted molar refractivity (Wildman–Crippen MR) is 92.9 cm³/mol. The third kappa shape index (κ3) is 3.96. The molecule has 0 saturated heterocycles. The summed E-state index contributed by atoms with van der Waals surface area (Å²) in [6.07, 6.45) is 8.60. The summed E-state index contributed by atoms with van der Waals surface area (Å²) >= 11 is 0. The van der Waals surface area contributed by atoms with Crippen molar-refractivity contribution in [2.45, 2.75) is 51.4 Å². The molecule has 3 rings (SSSR count). The number of aromatic hydroxyl groups is 1. The van der Waals surface area contributed by atoms with Crippen molar-refractivity contribution in [3.8, 4) is 5.75 Å². The van der Waals surface area contributed by atoms with Crippen molar-refractivity contribution in [3.63, 3.8) is 0 Å². The highest BCUT2D eigenvalue weighted by molar-refractivity contribution is 5.95. The van der Waals surface area contributed by atoms with Crippen LogP contribution in [0.25, 0.3) is 0 Å². The molecule has 1 amide bonds. The molecule has 0 aliphatic heterocycles. The minimum atomic E-state index is -0.393. The van der Waals surface area contributed by atoms with E-state index in [1.54, 1.807) is 12.1 Å². The summed E-state index contributed by atoms with van der Waals surface area (Å²) in [4.78, 5) is 11.9. The number of nitrogens with zero attached hydrogens (tertiary/aromatic N) is 1. The summed E-state index contributed by atoms with van der Waals surface area (Å²) in [6.45, 7) is 0. The van der Waals surface area contributed by atoms with E-state index in [1.165, 1.54) is 32.1 Å². The fraction of sp³-hybridized carbons (Fsp3) is 0.474. The maximum absolute atomic E-state index is 11.9. The van der Waals surface area contributed by atoms with Crippen LogP contribution in [0, 0.1) is 5.92 Å². The quantitative estimate of drug-likeness (QED) is 0.761. The van der Waals surface area contributed by atoms with Gasteiger partial charge in [-0.1, -0.05) is 44.2 Å². The largest absolute Gasteiger partial charge is 0.508 e. The molecule has 0 radical (unpaired) electrons. The highest BCUT2D eigenvalue weighted by Gasteiger charge is 2.22. The van der Waals surface area contributed by atoms with E-state index in [0.717, 1.165) is 29.8 Å². The molecule has 4 N–H and O–H groups in total. The highest BCUT2D eigenvalue weighted by atomic mass is 16.3. The lowest BCUT2D eigenvalue weighted by molar-refractivity contribution is 0.0998. The van der Waals surface area contributed by atoms with Gasteiger partial charge in [0.2, 0.25) is 0 Å². The number of aromatic amines is 1. The molecule has 1 aromatic carbocycles. The summed E-state index contributed by atoms with van der Waals surface area (Å²) in [7, 11) is 0. The van der Waals surface area contributed by atoms with E-state index < -0.39 is 5.91 Å². The molecule has 2 aromatic rings. The zero-order valence-electron chi connectivity index (χ0n) is 13.9. The first-order chi connectivity index (χ1) is 11.6. The number of benzene rings is 1. The standard InChI is InChI=1S/C19H25N3O2/c20-19(24)18-16(11-8-13-6-9-15(23)10-7-13)21-22-17(18)12-14-4-2-1-3-5-14/h6-7,9-10,14,23H,1-5,8,11-12H2,(H2,20,24)(H,21,22). The maximum atomic E-state index is 11.9. The summed E-state index contributed by atoms with van der Waals surface area (Å²) in [6, 6.07) is 7.11. The molecule has 24 heavy (non-hydrogen) atoms. The van der Waals surface area contributed by atoms with Gasteiger partial charge < -0.3 is 10.8 Å². The van der Waals surface area contributed by atoms with Gasteiger partial charge in [0.1, 0.15) is 5.75 Å². The van der Waals surface area contributed by atoms with E-state index in [0.29, 0.717) is 17.9 Å². The van der Waals surface area contributed by atoms with Gasteiger partial charge in [-0.05, 0) is 42.9 Å². The van der Waals surface area contributed by atoms with E-state index >= 15 is 0 Å². The van der Waals surface area contributed by atoms with E-state index in [9.17, 15) is 9.90 Å². The number of nitrogens with two attached hydrogens (primary N) is 1. The van der Waals surface area contributed by atoms with Crippen LogP contribution in [0.4, 0.5) is 0 Å². The number of aryl methyl sites for hydroxylation is 2. The average molecular weight is 327 g/mol. The van der Waals surface area contributed by atoms with Crippen LogP contribution < -0.4 is 5.73 Å². The van der Waals surface area contributed by atoms with Crippen LogP contribution in [0.1, 0.15) is 59.4 Å². The molecule has 0 atom stereocenters. The Morgan fingerprint density at radius 2 is 1.88 bits per heavy atom. The van der Waals surface area contributed by atoms with Gasteiger partial charge in [0, 0.05) is 5.69 Å². The number of phenols is 1. The molecule has 128 valence electrons. The van der Waals surface area contributed by atoms with Gasteiger partial charge in [-0.15, -0.1) is 0 Å². The third-order valence-corrected chi connectivity index (χ3v) is 4.97. The second kappa shape index (κ2) is 7.51. The third-order valence-electron chi connectivity index (χ3n) is 4.97. The van der Waals surface area contributed by atoms with Crippen molar-refractivity contribution in [2.24, 2.45) is 11.7 Å². The summed E-state index contributed by atoms with van der Waals surface area (Å²) in [5.41, 5.74) is 8.95. The Bertz CT molecular complexity index is 685. The van der Waals surface area contributed by atoms with Crippen molar-refractivity contribution >= 4 is 5.91 Å². The summed E-state index contributed by atoms with van der Waals surface area (Å²) in [5, 5.41) is 16.8. The zero-order valence-corrected chi connectivity index (χ0v) is 13.9. The SMILES string of the molecule is NC(=O)c1c(CCc2ccc(O)cc2)n[nH]c1CC1CCCCC1. The molecule has 1 aliphatic carbocycles. The van der Waals surface area contributed by atoms with E-state index in [2.05, 4.69) is 10.2 Å². The Hall–Kier alpha value is -2.30. The Kier molecular flexibility index (Phi) is 5.18. The molecule has 0 spiro atoms. The molecular formula is C19H25N3O2.